The fraction of sp³-hybridized carbons (Fsp3) is 0.211. The SMILES string of the molecule is CCOc1cccc(-c2n[nH]c(=S)n2/N=C/c2ccc(OC)cc2OC)c1. The van der Waals surface area contributed by atoms with Gasteiger partial charge in [0.05, 0.1) is 27.0 Å². The second-order valence-electron chi connectivity index (χ2n) is 5.48. The van der Waals surface area contributed by atoms with Gasteiger partial charge in [0.15, 0.2) is 5.82 Å². The number of aromatic nitrogens is 3. The molecule has 3 aromatic rings. The van der Waals surface area contributed by atoms with Gasteiger partial charge in [-0.1, -0.05) is 12.1 Å². The van der Waals surface area contributed by atoms with Crippen molar-refractivity contribution in [1.29, 1.82) is 0 Å². The molecule has 140 valence electrons. The van der Waals surface area contributed by atoms with E-state index in [-0.39, 0.29) is 0 Å². The van der Waals surface area contributed by atoms with Crippen molar-refractivity contribution in [3.63, 3.8) is 0 Å². The van der Waals surface area contributed by atoms with E-state index >= 15 is 0 Å². The lowest BCUT2D eigenvalue weighted by atomic mass is 10.2. The molecule has 0 spiro atoms. The Balaban J connectivity index is 1.97. The Bertz CT molecular complexity index is 1010. The number of aromatic amines is 1. The molecule has 3 rings (SSSR count). The highest BCUT2D eigenvalue weighted by atomic mass is 32.1. The lowest BCUT2D eigenvalue weighted by Gasteiger charge is -2.07. The molecular formula is C19H20N4O3S. The number of hydrogen-bond acceptors (Lipinski definition) is 6. The number of rotatable bonds is 7. The molecule has 0 aliphatic rings. The average molecular weight is 384 g/mol. The molecule has 0 saturated carbocycles. The normalized spacial score (nSPS) is 10.9. The summed E-state index contributed by atoms with van der Waals surface area (Å²) in [4.78, 5) is 0. The molecule has 2 aromatic carbocycles. The summed E-state index contributed by atoms with van der Waals surface area (Å²) in [5.74, 6) is 2.70. The van der Waals surface area contributed by atoms with Crippen molar-refractivity contribution in [1.82, 2.24) is 14.9 Å². The van der Waals surface area contributed by atoms with Gasteiger partial charge in [-0.05, 0) is 43.4 Å². The monoisotopic (exact) mass is 384 g/mol. The number of hydrogen-bond donors (Lipinski definition) is 1. The minimum Gasteiger partial charge on any atom is -0.497 e. The molecule has 1 N–H and O–H groups in total. The van der Waals surface area contributed by atoms with E-state index in [9.17, 15) is 0 Å². The third kappa shape index (κ3) is 4.17. The van der Waals surface area contributed by atoms with E-state index in [1.54, 1.807) is 31.2 Å². The van der Waals surface area contributed by atoms with Crippen LogP contribution in [-0.2, 0) is 0 Å². The molecule has 27 heavy (non-hydrogen) atoms. The minimum atomic E-state index is 0.385. The molecule has 0 radical (unpaired) electrons. The molecule has 8 heteroatoms. The van der Waals surface area contributed by atoms with E-state index in [1.807, 2.05) is 43.3 Å². The first-order valence-corrected chi connectivity index (χ1v) is 8.74. The minimum absolute atomic E-state index is 0.385. The van der Waals surface area contributed by atoms with Crippen LogP contribution in [-0.4, -0.2) is 41.9 Å². The molecule has 7 nitrogen and oxygen atoms in total. The maximum atomic E-state index is 5.56. The molecule has 0 saturated heterocycles. The molecule has 1 heterocycles. The number of methoxy groups -OCH3 is 2. The Morgan fingerprint density at radius 3 is 2.74 bits per heavy atom. The summed E-state index contributed by atoms with van der Waals surface area (Å²) >= 11 is 5.32. The lowest BCUT2D eigenvalue weighted by molar-refractivity contribution is 0.340. The topological polar surface area (TPSA) is 73.7 Å². The van der Waals surface area contributed by atoms with Crippen molar-refractivity contribution in [3.8, 4) is 28.6 Å². The van der Waals surface area contributed by atoms with Crippen LogP contribution in [0.2, 0.25) is 0 Å². The first-order chi connectivity index (χ1) is 13.2. The van der Waals surface area contributed by atoms with Crippen molar-refractivity contribution in [2.75, 3.05) is 20.8 Å². The van der Waals surface area contributed by atoms with E-state index in [4.69, 9.17) is 26.4 Å². The van der Waals surface area contributed by atoms with E-state index in [2.05, 4.69) is 15.3 Å². The third-order valence-corrected chi connectivity index (χ3v) is 4.07. The average Bonchev–Trinajstić information content (AvgIpc) is 3.07. The number of ether oxygens (including phenoxy) is 3. The predicted octanol–water partition coefficient (Wildman–Crippen LogP) is 3.91. The zero-order valence-corrected chi connectivity index (χ0v) is 16.1. The van der Waals surface area contributed by atoms with Crippen LogP contribution in [0.5, 0.6) is 17.2 Å². The maximum Gasteiger partial charge on any atom is 0.216 e. The van der Waals surface area contributed by atoms with Crippen molar-refractivity contribution >= 4 is 18.4 Å². The standard InChI is InChI=1S/C19H20N4O3S/c1-4-26-16-7-5-6-13(10-16)18-21-22-19(27)23(18)20-12-14-8-9-15(24-2)11-17(14)25-3/h5-12H,4H2,1-3H3,(H,22,27)/b20-12+. The van der Waals surface area contributed by atoms with E-state index in [1.165, 1.54) is 0 Å². The summed E-state index contributed by atoms with van der Waals surface area (Å²) in [6.45, 7) is 2.53. The van der Waals surface area contributed by atoms with Gasteiger partial charge in [0.2, 0.25) is 4.77 Å². The fourth-order valence-electron chi connectivity index (χ4n) is 2.52. The first-order valence-electron chi connectivity index (χ1n) is 8.33. The third-order valence-electron chi connectivity index (χ3n) is 3.81. The van der Waals surface area contributed by atoms with Crippen LogP contribution >= 0.6 is 12.2 Å². The molecule has 0 unspecified atom stereocenters. The summed E-state index contributed by atoms with van der Waals surface area (Å²) in [5.41, 5.74) is 1.63. The van der Waals surface area contributed by atoms with Crippen LogP contribution in [0.4, 0.5) is 0 Å². The highest BCUT2D eigenvalue weighted by Crippen LogP contribution is 2.25. The number of nitrogens with zero attached hydrogens (tertiary/aromatic N) is 3. The summed E-state index contributed by atoms with van der Waals surface area (Å²) in [6.07, 6.45) is 1.67. The number of benzene rings is 2. The Hall–Kier alpha value is -3.13. The van der Waals surface area contributed by atoms with Gasteiger partial charge < -0.3 is 14.2 Å². The summed E-state index contributed by atoms with van der Waals surface area (Å²) in [6, 6.07) is 13.1. The largest absolute Gasteiger partial charge is 0.497 e. The van der Waals surface area contributed by atoms with Crippen molar-refractivity contribution in [2.45, 2.75) is 6.92 Å². The molecular weight excluding hydrogens is 364 g/mol. The van der Waals surface area contributed by atoms with Crippen LogP contribution in [0.3, 0.4) is 0 Å². The van der Waals surface area contributed by atoms with Crippen LogP contribution in [0, 0.1) is 4.77 Å². The maximum absolute atomic E-state index is 5.56. The molecule has 0 amide bonds. The number of nitrogens with one attached hydrogen (secondary N) is 1. The molecule has 0 fully saturated rings. The van der Waals surface area contributed by atoms with Gasteiger partial charge >= 0.3 is 0 Å². The van der Waals surface area contributed by atoms with Crippen LogP contribution in [0.1, 0.15) is 12.5 Å². The first kappa shape index (κ1) is 18.7. The van der Waals surface area contributed by atoms with Gasteiger partial charge in [0.25, 0.3) is 0 Å². The second kappa shape index (κ2) is 8.50. The van der Waals surface area contributed by atoms with Gasteiger partial charge in [-0.15, -0.1) is 0 Å². The van der Waals surface area contributed by atoms with Gasteiger partial charge in [-0.3, -0.25) is 0 Å². The van der Waals surface area contributed by atoms with Crippen molar-refractivity contribution in [2.24, 2.45) is 5.10 Å². The van der Waals surface area contributed by atoms with Gasteiger partial charge in [-0.2, -0.15) is 14.9 Å². The van der Waals surface area contributed by atoms with Gasteiger partial charge in [-0.25, -0.2) is 5.10 Å². The zero-order valence-electron chi connectivity index (χ0n) is 15.3. The molecule has 0 bridgehead atoms. The molecule has 0 aliphatic heterocycles. The Labute approximate surface area is 162 Å². The quantitative estimate of drug-likeness (QED) is 0.494. The van der Waals surface area contributed by atoms with Crippen LogP contribution in [0.15, 0.2) is 47.6 Å². The highest BCUT2D eigenvalue weighted by molar-refractivity contribution is 7.71. The Kier molecular flexibility index (Phi) is 5.87. The van der Waals surface area contributed by atoms with E-state index < -0.39 is 0 Å². The highest BCUT2D eigenvalue weighted by Gasteiger charge is 2.10. The number of H-pyrrole nitrogens is 1. The molecule has 1 aromatic heterocycles. The summed E-state index contributed by atoms with van der Waals surface area (Å²) < 4.78 is 18.1. The van der Waals surface area contributed by atoms with Crippen LogP contribution in [0.25, 0.3) is 11.4 Å². The Morgan fingerprint density at radius 1 is 1.15 bits per heavy atom. The van der Waals surface area contributed by atoms with Crippen molar-refractivity contribution < 1.29 is 14.2 Å². The van der Waals surface area contributed by atoms with E-state index in [0.717, 1.165) is 16.9 Å². The Morgan fingerprint density at radius 2 is 2.00 bits per heavy atom. The smallest absolute Gasteiger partial charge is 0.216 e. The molecule has 0 aliphatic carbocycles. The predicted molar refractivity (Wildman–Crippen MR) is 107 cm³/mol. The van der Waals surface area contributed by atoms with Gasteiger partial charge in [0, 0.05) is 17.2 Å². The van der Waals surface area contributed by atoms with Crippen LogP contribution < -0.4 is 14.2 Å². The van der Waals surface area contributed by atoms with E-state index in [0.29, 0.717) is 28.7 Å². The fourth-order valence-corrected chi connectivity index (χ4v) is 2.70. The van der Waals surface area contributed by atoms with Crippen molar-refractivity contribution in [3.05, 3.63) is 52.8 Å². The zero-order chi connectivity index (χ0) is 19.2. The second-order valence-corrected chi connectivity index (χ2v) is 5.86. The summed E-state index contributed by atoms with van der Waals surface area (Å²) in [5, 5.41) is 11.6. The lowest BCUT2D eigenvalue weighted by Crippen LogP contribution is -1.98. The molecule has 0 atom stereocenters. The summed E-state index contributed by atoms with van der Waals surface area (Å²) in [7, 11) is 3.20. The van der Waals surface area contributed by atoms with Gasteiger partial charge in [0.1, 0.15) is 17.2 Å².